The molecule has 0 unspecified atom stereocenters. The molecule has 2 rings (SSSR count). The first kappa shape index (κ1) is 9.00. The van der Waals surface area contributed by atoms with E-state index in [1.165, 1.54) is 0 Å². The zero-order valence-corrected chi connectivity index (χ0v) is 8.27. The number of nitrogens with zero attached hydrogens (tertiary/aromatic N) is 1. The molecule has 1 aromatic heterocycles. The third-order valence-corrected chi connectivity index (χ3v) is 2.66. The Hall–Kier alpha value is -1.57. The molecule has 14 heavy (non-hydrogen) atoms. The predicted octanol–water partition coefficient (Wildman–Crippen LogP) is 2.14. The van der Waals surface area contributed by atoms with E-state index < -0.39 is 0 Å². The van der Waals surface area contributed by atoms with Crippen LogP contribution in [0.4, 0.5) is 0 Å². The van der Waals surface area contributed by atoms with Crippen molar-refractivity contribution in [3.63, 3.8) is 0 Å². The van der Waals surface area contributed by atoms with Crippen molar-refractivity contribution in [2.24, 2.45) is 5.73 Å². The summed E-state index contributed by atoms with van der Waals surface area (Å²) < 4.78 is 0. The molecule has 0 aliphatic heterocycles. The highest BCUT2D eigenvalue weighted by Gasteiger charge is 2.25. The summed E-state index contributed by atoms with van der Waals surface area (Å²) in [6.45, 7) is 2.18. The van der Waals surface area contributed by atoms with Crippen molar-refractivity contribution in [1.29, 1.82) is 0 Å². The van der Waals surface area contributed by atoms with E-state index >= 15 is 0 Å². The Labute approximate surface area is 84.2 Å². The summed E-state index contributed by atoms with van der Waals surface area (Å²) in [6.07, 6.45) is 8.89. The Morgan fingerprint density at radius 2 is 2.29 bits per heavy atom. The first-order valence-electron chi connectivity index (χ1n) is 4.77. The monoisotopic (exact) mass is 186 g/mol. The summed E-state index contributed by atoms with van der Waals surface area (Å²) in [5.41, 5.74) is 7.63. The number of allylic oxidation sites excluding steroid dienone is 3. The molecule has 0 fully saturated rings. The summed E-state index contributed by atoms with van der Waals surface area (Å²) in [4.78, 5) is 4.38. The Bertz CT molecular complexity index is 379. The van der Waals surface area contributed by atoms with Crippen molar-refractivity contribution in [3.8, 4) is 0 Å². The van der Waals surface area contributed by atoms with Gasteiger partial charge in [0.1, 0.15) is 0 Å². The van der Waals surface area contributed by atoms with Crippen LogP contribution >= 0.6 is 0 Å². The van der Waals surface area contributed by atoms with Crippen LogP contribution in [0.3, 0.4) is 0 Å². The van der Waals surface area contributed by atoms with Gasteiger partial charge >= 0.3 is 0 Å². The van der Waals surface area contributed by atoms with E-state index in [-0.39, 0.29) is 5.41 Å². The molecule has 1 heterocycles. The zero-order valence-electron chi connectivity index (χ0n) is 8.27. The third-order valence-electron chi connectivity index (χ3n) is 2.66. The molecule has 0 radical (unpaired) electrons. The molecule has 2 nitrogen and oxygen atoms in total. The summed E-state index contributed by atoms with van der Waals surface area (Å²) in [5, 5.41) is 0. The van der Waals surface area contributed by atoms with Crippen LogP contribution in [0.15, 0.2) is 48.3 Å². The van der Waals surface area contributed by atoms with E-state index in [0.717, 1.165) is 17.8 Å². The maximum absolute atomic E-state index is 5.69. The van der Waals surface area contributed by atoms with Crippen molar-refractivity contribution in [2.45, 2.75) is 18.8 Å². The van der Waals surface area contributed by atoms with Gasteiger partial charge in [-0.05, 0) is 24.6 Å². The Morgan fingerprint density at radius 3 is 2.86 bits per heavy atom. The van der Waals surface area contributed by atoms with Crippen LogP contribution < -0.4 is 5.73 Å². The van der Waals surface area contributed by atoms with Crippen molar-refractivity contribution < 1.29 is 0 Å². The van der Waals surface area contributed by atoms with Gasteiger partial charge in [0.25, 0.3) is 0 Å². The first-order chi connectivity index (χ1) is 6.71. The van der Waals surface area contributed by atoms with E-state index in [9.17, 15) is 0 Å². The van der Waals surface area contributed by atoms with E-state index in [1.807, 2.05) is 24.4 Å². The van der Waals surface area contributed by atoms with Crippen LogP contribution in [-0.2, 0) is 5.41 Å². The van der Waals surface area contributed by atoms with Crippen LogP contribution in [0.5, 0.6) is 0 Å². The van der Waals surface area contributed by atoms with Gasteiger partial charge in [0.2, 0.25) is 0 Å². The minimum absolute atomic E-state index is 0.00410. The standard InChI is InChI=1S/C12H14N2/c1-12(7-5-10(13)6-8-12)11-4-2-3-9-14-11/h2-7,9H,8,13H2,1H3/t12-/m1/s1. The molecule has 0 saturated carbocycles. The van der Waals surface area contributed by atoms with Crippen LogP contribution in [0.25, 0.3) is 0 Å². The van der Waals surface area contributed by atoms with Gasteiger partial charge in [-0.25, -0.2) is 0 Å². The second-order valence-electron chi connectivity index (χ2n) is 3.87. The second-order valence-corrected chi connectivity index (χ2v) is 3.87. The lowest BCUT2D eigenvalue weighted by Crippen LogP contribution is -2.22. The Balaban J connectivity index is 2.32. The van der Waals surface area contributed by atoms with Crippen LogP contribution in [0, 0.1) is 0 Å². The molecule has 2 N–H and O–H groups in total. The van der Waals surface area contributed by atoms with Crippen LogP contribution in [0.2, 0.25) is 0 Å². The number of hydrogen-bond acceptors (Lipinski definition) is 2. The number of hydrogen-bond donors (Lipinski definition) is 1. The molecular weight excluding hydrogens is 172 g/mol. The summed E-state index contributed by atoms with van der Waals surface area (Å²) in [6, 6.07) is 6.01. The minimum atomic E-state index is 0.00410. The van der Waals surface area contributed by atoms with E-state index in [2.05, 4.69) is 30.1 Å². The van der Waals surface area contributed by atoms with Gasteiger partial charge in [0.15, 0.2) is 0 Å². The molecular formula is C12H14N2. The fourth-order valence-corrected chi connectivity index (χ4v) is 1.64. The van der Waals surface area contributed by atoms with Crippen molar-refractivity contribution in [1.82, 2.24) is 4.98 Å². The normalized spacial score (nSPS) is 25.9. The van der Waals surface area contributed by atoms with E-state index in [1.54, 1.807) is 0 Å². The van der Waals surface area contributed by atoms with Crippen LogP contribution in [-0.4, -0.2) is 4.98 Å². The molecule has 0 saturated heterocycles. The van der Waals surface area contributed by atoms with Gasteiger partial charge in [-0.2, -0.15) is 0 Å². The number of pyridine rings is 1. The average Bonchev–Trinajstić information content (AvgIpc) is 2.24. The molecule has 0 aromatic carbocycles. The van der Waals surface area contributed by atoms with Crippen LogP contribution in [0.1, 0.15) is 19.0 Å². The number of rotatable bonds is 1. The molecule has 1 atom stereocenters. The molecule has 0 amide bonds. The van der Waals surface area contributed by atoms with Crippen molar-refractivity contribution in [3.05, 3.63) is 54.0 Å². The Kier molecular flexibility index (Phi) is 2.12. The van der Waals surface area contributed by atoms with Gasteiger partial charge in [-0.15, -0.1) is 0 Å². The number of aromatic nitrogens is 1. The number of nitrogens with two attached hydrogens (primary N) is 1. The topological polar surface area (TPSA) is 38.9 Å². The van der Waals surface area contributed by atoms with Crippen molar-refractivity contribution in [2.75, 3.05) is 0 Å². The molecule has 0 spiro atoms. The fraction of sp³-hybridized carbons (Fsp3) is 0.250. The van der Waals surface area contributed by atoms with Crippen molar-refractivity contribution >= 4 is 0 Å². The largest absolute Gasteiger partial charge is 0.399 e. The molecule has 1 aromatic rings. The van der Waals surface area contributed by atoms with Gasteiger partial charge in [0, 0.05) is 17.3 Å². The molecule has 2 heteroatoms. The van der Waals surface area contributed by atoms with Gasteiger partial charge < -0.3 is 5.73 Å². The van der Waals surface area contributed by atoms with Gasteiger partial charge in [-0.1, -0.05) is 25.1 Å². The highest BCUT2D eigenvalue weighted by Crippen LogP contribution is 2.31. The molecule has 1 aliphatic rings. The lowest BCUT2D eigenvalue weighted by Gasteiger charge is -2.26. The Morgan fingerprint density at radius 1 is 1.43 bits per heavy atom. The predicted molar refractivity (Wildman–Crippen MR) is 57.6 cm³/mol. The highest BCUT2D eigenvalue weighted by molar-refractivity contribution is 5.33. The van der Waals surface area contributed by atoms with E-state index in [4.69, 9.17) is 5.73 Å². The maximum Gasteiger partial charge on any atom is 0.0503 e. The second kappa shape index (κ2) is 3.29. The first-order valence-corrected chi connectivity index (χ1v) is 4.77. The third kappa shape index (κ3) is 1.55. The van der Waals surface area contributed by atoms with Gasteiger partial charge in [0.05, 0.1) is 5.69 Å². The highest BCUT2D eigenvalue weighted by atomic mass is 14.7. The average molecular weight is 186 g/mol. The molecule has 1 aliphatic carbocycles. The minimum Gasteiger partial charge on any atom is -0.399 e. The van der Waals surface area contributed by atoms with E-state index in [0.29, 0.717) is 0 Å². The summed E-state index contributed by atoms with van der Waals surface area (Å²) >= 11 is 0. The summed E-state index contributed by atoms with van der Waals surface area (Å²) in [7, 11) is 0. The SMILES string of the molecule is C[C@@]1(c2ccccn2)C=CC(N)=CC1. The zero-order chi connectivity index (χ0) is 10.0. The smallest absolute Gasteiger partial charge is 0.0503 e. The molecule has 72 valence electrons. The molecule has 0 bridgehead atoms. The van der Waals surface area contributed by atoms with Gasteiger partial charge in [-0.3, -0.25) is 4.98 Å². The lowest BCUT2D eigenvalue weighted by atomic mass is 9.80. The lowest BCUT2D eigenvalue weighted by molar-refractivity contribution is 0.575. The maximum atomic E-state index is 5.69. The fourth-order valence-electron chi connectivity index (χ4n) is 1.64. The summed E-state index contributed by atoms with van der Waals surface area (Å²) in [5.74, 6) is 0. The quantitative estimate of drug-likeness (QED) is 0.729.